The van der Waals surface area contributed by atoms with E-state index < -0.39 is 32.9 Å². The Morgan fingerprint density at radius 3 is 2.85 bits per heavy atom. The van der Waals surface area contributed by atoms with Crippen LogP contribution in [-0.4, -0.2) is 41.4 Å². The van der Waals surface area contributed by atoms with E-state index in [2.05, 4.69) is 4.98 Å². The molecule has 0 amide bonds. The number of hydrogen-bond donors (Lipinski definition) is 1. The second-order valence-corrected chi connectivity index (χ2v) is 6.70. The van der Waals surface area contributed by atoms with E-state index in [1.54, 1.807) is 0 Å². The highest BCUT2D eigenvalue weighted by atomic mass is 32.2. The van der Waals surface area contributed by atoms with Crippen LogP contribution in [0.4, 0.5) is 4.39 Å². The Morgan fingerprint density at radius 1 is 1.55 bits per heavy atom. The number of halogens is 1. The molecule has 2 atom stereocenters. The fraction of sp³-hybridized carbons (Fsp3) is 0.500. The third-order valence-electron chi connectivity index (χ3n) is 3.38. The Hall–Kier alpha value is -1.54. The van der Waals surface area contributed by atoms with Crippen molar-refractivity contribution in [2.24, 2.45) is 5.92 Å². The summed E-state index contributed by atoms with van der Waals surface area (Å²) < 4.78 is 39.2. The van der Waals surface area contributed by atoms with Gasteiger partial charge in [0, 0.05) is 12.7 Å². The molecule has 1 N–H and O–H groups in total. The van der Waals surface area contributed by atoms with E-state index >= 15 is 0 Å². The zero-order valence-electron chi connectivity index (χ0n) is 10.9. The smallest absolute Gasteiger partial charge is 0.322 e. The standard InChI is InChI=1S/C12H15FN2O4S/c1-8-4-6-15(10(7-8)12(16)17)20(18,19)11-9(13)3-2-5-14-11/h2-3,5,8,10H,4,6-7H2,1H3,(H,16,17). The third-order valence-corrected chi connectivity index (χ3v) is 5.22. The maximum Gasteiger partial charge on any atom is 0.322 e. The van der Waals surface area contributed by atoms with Gasteiger partial charge in [0.2, 0.25) is 5.03 Å². The van der Waals surface area contributed by atoms with Gasteiger partial charge in [-0.3, -0.25) is 4.79 Å². The van der Waals surface area contributed by atoms with Crippen LogP contribution >= 0.6 is 0 Å². The first-order valence-corrected chi connectivity index (χ1v) is 7.63. The zero-order chi connectivity index (χ0) is 14.9. The van der Waals surface area contributed by atoms with Gasteiger partial charge in [0.15, 0.2) is 5.82 Å². The lowest BCUT2D eigenvalue weighted by atomic mass is 9.94. The second kappa shape index (κ2) is 5.45. The van der Waals surface area contributed by atoms with Crippen LogP contribution in [0.5, 0.6) is 0 Å². The number of nitrogens with zero attached hydrogens (tertiary/aromatic N) is 2. The quantitative estimate of drug-likeness (QED) is 0.903. The van der Waals surface area contributed by atoms with Crippen LogP contribution in [0.15, 0.2) is 23.4 Å². The number of carboxylic acids is 1. The molecular weight excluding hydrogens is 287 g/mol. The number of rotatable bonds is 3. The summed E-state index contributed by atoms with van der Waals surface area (Å²) in [4.78, 5) is 14.8. The van der Waals surface area contributed by atoms with Gasteiger partial charge in [0.1, 0.15) is 6.04 Å². The van der Waals surface area contributed by atoms with Crippen LogP contribution in [0.2, 0.25) is 0 Å². The van der Waals surface area contributed by atoms with E-state index in [4.69, 9.17) is 0 Å². The summed E-state index contributed by atoms with van der Waals surface area (Å²) >= 11 is 0. The molecular formula is C12H15FN2O4S. The first-order chi connectivity index (χ1) is 9.34. The zero-order valence-corrected chi connectivity index (χ0v) is 11.7. The molecule has 0 radical (unpaired) electrons. The first kappa shape index (κ1) is 14.9. The normalized spacial score (nSPS) is 24.5. The molecule has 1 aromatic rings. The molecule has 20 heavy (non-hydrogen) atoms. The maximum absolute atomic E-state index is 13.6. The molecule has 2 rings (SSSR count). The minimum atomic E-state index is -4.24. The molecule has 1 saturated heterocycles. The van der Waals surface area contributed by atoms with Gasteiger partial charge in [-0.25, -0.2) is 17.8 Å². The highest BCUT2D eigenvalue weighted by Gasteiger charge is 2.41. The lowest BCUT2D eigenvalue weighted by Crippen LogP contribution is -2.50. The Labute approximate surface area is 116 Å². The van der Waals surface area contributed by atoms with Crippen LogP contribution < -0.4 is 0 Å². The van der Waals surface area contributed by atoms with Crippen LogP contribution in [0.1, 0.15) is 19.8 Å². The fourth-order valence-corrected chi connectivity index (χ4v) is 3.89. The predicted octanol–water partition coefficient (Wildman–Crippen LogP) is 1.09. The van der Waals surface area contributed by atoms with Gasteiger partial charge in [-0.2, -0.15) is 4.31 Å². The molecule has 0 saturated carbocycles. The summed E-state index contributed by atoms with van der Waals surface area (Å²) in [5.41, 5.74) is 0. The van der Waals surface area contributed by atoms with E-state index in [1.165, 1.54) is 6.07 Å². The lowest BCUT2D eigenvalue weighted by molar-refractivity contribution is -0.143. The Balaban J connectivity index is 2.42. The first-order valence-electron chi connectivity index (χ1n) is 6.19. The van der Waals surface area contributed by atoms with Crippen LogP contribution in [0, 0.1) is 11.7 Å². The molecule has 1 aromatic heterocycles. The summed E-state index contributed by atoms with van der Waals surface area (Å²) in [6.45, 7) is 1.91. The number of hydrogen-bond acceptors (Lipinski definition) is 4. The maximum atomic E-state index is 13.6. The summed E-state index contributed by atoms with van der Waals surface area (Å²) in [7, 11) is -4.24. The highest BCUT2D eigenvalue weighted by Crippen LogP contribution is 2.28. The van der Waals surface area contributed by atoms with Crippen LogP contribution in [0.25, 0.3) is 0 Å². The number of carboxylic acid groups (broad SMARTS) is 1. The number of carbonyl (C=O) groups is 1. The molecule has 6 nitrogen and oxygen atoms in total. The number of pyridine rings is 1. The van der Waals surface area contributed by atoms with E-state index in [0.29, 0.717) is 6.42 Å². The van der Waals surface area contributed by atoms with Gasteiger partial charge in [-0.05, 0) is 30.9 Å². The third kappa shape index (κ3) is 2.66. The second-order valence-electron chi connectivity index (χ2n) is 4.89. The average Bonchev–Trinajstić information content (AvgIpc) is 2.38. The van der Waals surface area contributed by atoms with Gasteiger partial charge in [0.05, 0.1) is 0 Å². The van der Waals surface area contributed by atoms with Gasteiger partial charge in [-0.15, -0.1) is 0 Å². The minimum Gasteiger partial charge on any atom is -0.480 e. The Bertz CT molecular complexity index is 620. The Kier molecular flexibility index (Phi) is 4.05. The van der Waals surface area contributed by atoms with Crippen molar-refractivity contribution in [3.8, 4) is 0 Å². The predicted molar refractivity (Wildman–Crippen MR) is 67.9 cm³/mol. The van der Waals surface area contributed by atoms with Crippen LogP contribution in [-0.2, 0) is 14.8 Å². The van der Waals surface area contributed by atoms with Crippen molar-refractivity contribution in [2.75, 3.05) is 6.54 Å². The monoisotopic (exact) mass is 302 g/mol. The largest absolute Gasteiger partial charge is 0.480 e. The van der Waals surface area contributed by atoms with Crippen molar-refractivity contribution in [3.05, 3.63) is 24.1 Å². The molecule has 1 aliphatic rings. The Morgan fingerprint density at radius 2 is 2.25 bits per heavy atom. The molecule has 110 valence electrons. The van der Waals surface area contributed by atoms with Crippen molar-refractivity contribution >= 4 is 16.0 Å². The van der Waals surface area contributed by atoms with Crippen molar-refractivity contribution in [1.29, 1.82) is 0 Å². The molecule has 2 unspecified atom stereocenters. The number of aliphatic carboxylic acids is 1. The van der Waals surface area contributed by atoms with Crippen molar-refractivity contribution in [2.45, 2.75) is 30.8 Å². The molecule has 0 spiro atoms. The van der Waals surface area contributed by atoms with E-state index in [9.17, 15) is 22.7 Å². The highest BCUT2D eigenvalue weighted by molar-refractivity contribution is 7.89. The van der Waals surface area contributed by atoms with Crippen molar-refractivity contribution < 1.29 is 22.7 Å². The molecule has 2 heterocycles. The number of piperidine rings is 1. The SMILES string of the molecule is CC1CCN(S(=O)(=O)c2ncccc2F)C(C(=O)O)C1. The minimum absolute atomic E-state index is 0.0521. The average molecular weight is 302 g/mol. The summed E-state index contributed by atoms with van der Waals surface area (Å²) in [5, 5.41) is 8.46. The number of sulfonamides is 1. The van der Waals surface area contributed by atoms with Crippen molar-refractivity contribution in [3.63, 3.8) is 0 Å². The van der Waals surface area contributed by atoms with Gasteiger partial charge in [-0.1, -0.05) is 6.92 Å². The molecule has 8 heteroatoms. The molecule has 1 fully saturated rings. The summed E-state index contributed by atoms with van der Waals surface area (Å²) in [5.74, 6) is -2.09. The van der Waals surface area contributed by atoms with Crippen LogP contribution in [0.3, 0.4) is 0 Å². The van der Waals surface area contributed by atoms with E-state index in [1.807, 2.05) is 6.92 Å². The summed E-state index contributed by atoms with van der Waals surface area (Å²) in [6, 6.07) is 1.09. The molecule has 0 aliphatic carbocycles. The summed E-state index contributed by atoms with van der Waals surface area (Å²) in [6.07, 6.45) is 1.92. The van der Waals surface area contributed by atoms with Crippen molar-refractivity contribution in [1.82, 2.24) is 9.29 Å². The topological polar surface area (TPSA) is 87.6 Å². The van der Waals surface area contributed by atoms with E-state index in [0.717, 1.165) is 16.6 Å². The van der Waals surface area contributed by atoms with Gasteiger partial charge in [0.25, 0.3) is 10.0 Å². The molecule has 1 aliphatic heterocycles. The number of aromatic nitrogens is 1. The van der Waals surface area contributed by atoms with E-state index in [-0.39, 0.29) is 18.9 Å². The fourth-order valence-electron chi connectivity index (χ4n) is 2.30. The van der Waals surface area contributed by atoms with Gasteiger partial charge < -0.3 is 5.11 Å². The molecule has 0 aromatic carbocycles. The van der Waals surface area contributed by atoms with Gasteiger partial charge >= 0.3 is 5.97 Å². The lowest BCUT2D eigenvalue weighted by Gasteiger charge is -2.34. The molecule has 0 bridgehead atoms.